The maximum Gasteiger partial charge on any atom is 0.267 e. The Balaban J connectivity index is 2.32. The van der Waals surface area contributed by atoms with E-state index >= 15 is 0 Å². The number of thiazole rings is 1. The smallest absolute Gasteiger partial charge is 0.267 e. The number of hydrogen-bond acceptors (Lipinski definition) is 5. The topological polar surface area (TPSA) is 79.4 Å². The van der Waals surface area contributed by atoms with Crippen molar-refractivity contribution in [2.75, 3.05) is 6.54 Å². The van der Waals surface area contributed by atoms with Crippen molar-refractivity contribution in [3.63, 3.8) is 0 Å². The van der Waals surface area contributed by atoms with E-state index in [0.29, 0.717) is 17.0 Å². The molecule has 1 unspecified atom stereocenters. The van der Waals surface area contributed by atoms with Crippen molar-refractivity contribution in [1.29, 1.82) is 0 Å². The maximum atomic E-state index is 12.5. The number of imide groups is 1. The summed E-state index contributed by atoms with van der Waals surface area (Å²) in [5.41, 5.74) is 0.640. The number of hydrogen-bond donors (Lipinski definition) is 1. The van der Waals surface area contributed by atoms with Crippen LogP contribution < -0.4 is 5.32 Å². The van der Waals surface area contributed by atoms with Gasteiger partial charge >= 0.3 is 0 Å². The van der Waals surface area contributed by atoms with Crippen LogP contribution in [0.2, 0.25) is 0 Å². The molecule has 7 heteroatoms. The molecule has 1 aliphatic heterocycles. The zero-order valence-corrected chi connectivity index (χ0v) is 11.8. The lowest BCUT2D eigenvalue weighted by Crippen LogP contribution is -2.59. The molecule has 0 aliphatic carbocycles. The minimum absolute atomic E-state index is 0.0839. The largest absolute Gasteiger partial charge is 0.317 e. The average molecular weight is 281 g/mol. The van der Waals surface area contributed by atoms with E-state index in [1.807, 2.05) is 13.8 Å². The fourth-order valence-corrected chi connectivity index (χ4v) is 3.02. The Bertz CT molecular complexity index is 552. The van der Waals surface area contributed by atoms with Gasteiger partial charge in [0, 0.05) is 0 Å². The van der Waals surface area contributed by atoms with Crippen LogP contribution in [0.1, 0.15) is 33.7 Å². The first-order chi connectivity index (χ1) is 8.93. The average Bonchev–Trinajstić information content (AvgIpc) is 2.66. The molecule has 0 saturated carbocycles. The number of carbonyl (C=O) groups excluding carboxylic acids is 3. The summed E-state index contributed by atoms with van der Waals surface area (Å²) < 4.78 is 0. The molecule has 1 aliphatic rings. The number of nitrogens with one attached hydrogen (secondary N) is 1. The fourth-order valence-electron chi connectivity index (χ4n) is 2.15. The number of amides is 3. The second-order valence-corrected chi connectivity index (χ2v) is 5.62. The van der Waals surface area contributed by atoms with Crippen LogP contribution in [-0.4, -0.2) is 40.2 Å². The van der Waals surface area contributed by atoms with E-state index in [-0.39, 0.29) is 12.5 Å². The molecule has 1 fully saturated rings. The van der Waals surface area contributed by atoms with Crippen LogP contribution in [0.15, 0.2) is 0 Å². The molecule has 1 saturated heterocycles. The van der Waals surface area contributed by atoms with Gasteiger partial charge in [-0.05, 0) is 20.3 Å². The van der Waals surface area contributed by atoms with Gasteiger partial charge in [0.15, 0.2) is 0 Å². The van der Waals surface area contributed by atoms with Crippen molar-refractivity contribution in [2.45, 2.75) is 33.2 Å². The second-order valence-electron chi connectivity index (χ2n) is 4.42. The van der Waals surface area contributed by atoms with E-state index in [4.69, 9.17) is 0 Å². The summed E-state index contributed by atoms with van der Waals surface area (Å²) >= 11 is 1.29. The third-order valence-electron chi connectivity index (χ3n) is 3.00. The van der Waals surface area contributed by atoms with Gasteiger partial charge in [-0.25, -0.2) is 4.98 Å². The first-order valence-electron chi connectivity index (χ1n) is 6.02. The summed E-state index contributed by atoms with van der Waals surface area (Å²) in [7, 11) is 0. The first kappa shape index (κ1) is 13.7. The molecular formula is C12H15N3O3S. The molecule has 6 nitrogen and oxygen atoms in total. The highest BCUT2D eigenvalue weighted by molar-refractivity contribution is 7.13. The van der Waals surface area contributed by atoms with Gasteiger partial charge in [-0.3, -0.25) is 19.7 Å². The lowest BCUT2D eigenvalue weighted by atomic mass is 10.1. The lowest BCUT2D eigenvalue weighted by molar-refractivity contribution is -0.138. The van der Waals surface area contributed by atoms with Crippen LogP contribution in [0.25, 0.3) is 0 Å². The third kappa shape index (κ3) is 2.51. The molecular weight excluding hydrogens is 266 g/mol. The number of rotatable bonds is 2. The highest BCUT2D eigenvalue weighted by Gasteiger charge is 2.36. The van der Waals surface area contributed by atoms with Gasteiger partial charge in [0.05, 0.1) is 10.7 Å². The monoisotopic (exact) mass is 281 g/mol. The van der Waals surface area contributed by atoms with Gasteiger partial charge in [0.2, 0.25) is 11.8 Å². The quantitative estimate of drug-likeness (QED) is 0.807. The van der Waals surface area contributed by atoms with Gasteiger partial charge in [0.1, 0.15) is 17.5 Å². The molecule has 1 atom stereocenters. The zero-order chi connectivity index (χ0) is 14.2. The Labute approximate surface area is 114 Å². The van der Waals surface area contributed by atoms with Crippen LogP contribution in [0, 0.1) is 13.8 Å². The van der Waals surface area contributed by atoms with Gasteiger partial charge < -0.3 is 4.90 Å². The van der Waals surface area contributed by atoms with Crippen molar-refractivity contribution in [1.82, 2.24) is 15.2 Å². The fraction of sp³-hybridized carbons (Fsp3) is 0.500. The number of aromatic nitrogens is 1. The second kappa shape index (κ2) is 5.08. The number of aryl methyl sites for hydroxylation is 2. The SMILES string of the molecule is CCC1C(=O)NC(=O)CN1C(=O)c1sc(C)nc1C. The van der Waals surface area contributed by atoms with Crippen molar-refractivity contribution >= 4 is 29.1 Å². The Kier molecular flexibility index (Phi) is 3.66. The Morgan fingerprint density at radius 2 is 2.16 bits per heavy atom. The zero-order valence-electron chi connectivity index (χ0n) is 11.0. The van der Waals surface area contributed by atoms with E-state index in [1.54, 1.807) is 6.92 Å². The predicted octanol–water partition coefficient (Wildman–Crippen LogP) is 0.637. The maximum absolute atomic E-state index is 12.5. The highest BCUT2D eigenvalue weighted by atomic mass is 32.1. The summed E-state index contributed by atoms with van der Waals surface area (Å²) in [6.45, 7) is 5.30. The van der Waals surface area contributed by atoms with Crippen LogP contribution in [0.3, 0.4) is 0 Å². The molecule has 0 aromatic carbocycles. The molecule has 1 N–H and O–H groups in total. The molecule has 1 aromatic heterocycles. The minimum Gasteiger partial charge on any atom is -0.317 e. The molecule has 19 heavy (non-hydrogen) atoms. The normalized spacial score (nSPS) is 19.5. The summed E-state index contributed by atoms with van der Waals surface area (Å²) in [6, 6.07) is -0.591. The number of nitrogens with zero attached hydrogens (tertiary/aromatic N) is 2. The van der Waals surface area contributed by atoms with E-state index in [0.717, 1.165) is 5.01 Å². The molecule has 0 spiro atoms. The lowest BCUT2D eigenvalue weighted by Gasteiger charge is -2.33. The Hall–Kier alpha value is -1.76. The van der Waals surface area contributed by atoms with Crippen molar-refractivity contribution in [3.05, 3.63) is 15.6 Å². The molecule has 3 amide bonds. The minimum atomic E-state index is -0.591. The van der Waals surface area contributed by atoms with Crippen LogP contribution in [0.4, 0.5) is 0 Å². The van der Waals surface area contributed by atoms with Crippen LogP contribution in [0.5, 0.6) is 0 Å². The van der Waals surface area contributed by atoms with Gasteiger partial charge in [0.25, 0.3) is 5.91 Å². The van der Waals surface area contributed by atoms with E-state index < -0.39 is 17.9 Å². The number of carbonyl (C=O) groups is 3. The third-order valence-corrected chi connectivity index (χ3v) is 4.06. The summed E-state index contributed by atoms with van der Waals surface area (Å²) in [5.74, 6) is -1.15. The Morgan fingerprint density at radius 1 is 1.47 bits per heavy atom. The molecule has 0 radical (unpaired) electrons. The highest BCUT2D eigenvalue weighted by Crippen LogP contribution is 2.22. The van der Waals surface area contributed by atoms with Gasteiger partial charge in [-0.15, -0.1) is 11.3 Å². The standard InChI is InChI=1S/C12H15N3O3S/c1-4-8-11(17)14-9(16)5-15(8)12(18)10-6(2)13-7(3)19-10/h8H,4-5H2,1-3H3,(H,14,16,17). The molecule has 2 rings (SSSR count). The van der Waals surface area contributed by atoms with E-state index in [9.17, 15) is 14.4 Å². The Morgan fingerprint density at radius 3 is 2.68 bits per heavy atom. The van der Waals surface area contributed by atoms with Gasteiger partial charge in [-0.1, -0.05) is 6.92 Å². The van der Waals surface area contributed by atoms with Crippen molar-refractivity contribution in [2.24, 2.45) is 0 Å². The molecule has 1 aromatic rings. The molecule has 0 bridgehead atoms. The summed E-state index contributed by atoms with van der Waals surface area (Å²) in [5, 5.41) is 3.05. The first-order valence-corrected chi connectivity index (χ1v) is 6.84. The molecule has 102 valence electrons. The van der Waals surface area contributed by atoms with Crippen molar-refractivity contribution < 1.29 is 14.4 Å². The summed E-state index contributed by atoms with van der Waals surface area (Å²) in [4.78, 5) is 41.7. The van der Waals surface area contributed by atoms with E-state index in [1.165, 1.54) is 16.2 Å². The predicted molar refractivity (Wildman–Crippen MR) is 69.9 cm³/mol. The van der Waals surface area contributed by atoms with Crippen molar-refractivity contribution in [3.8, 4) is 0 Å². The van der Waals surface area contributed by atoms with Gasteiger partial charge in [-0.2, -0.15) is 0 Å². The van der Waals surface area contributed by atoms with Crippen LogP contribution >= 0.6 is 11.3 Å². The van der Waals surface area contributed by atoms with E-state index in [2.05, 4.69) is 10.3 Å². The number of piperazine rings is 1. The molecule has 2 heterocycles. The van der Waals surface area contributed by atoms with Crippen LogP contribution in [-0.2, 0) is 9.59 Å². The summed E-state index contributed by atoms with van der Waals surface area (Å²) in [6.07, 6.45) is 0.474.